The zero-order valence-corrected chi connectivity index (χ0v) is 12.7. The van der Waals surface area contributed by atoms with Crippen LogP contribution in [0.5, 0.6) is 0 Å². The Hall–Kier alpha value is -1.56. The fourth-order valence-corrected chi connectivity index (χ4v) is 2.48. The third-order valence-corrected chi connectivity index (χ3v) is 3.72. The summed E-state index contributed by atoms with van der Waals surface area (Å²) in [5, 5.41) is 0. The molecule has 105 valence electrons. The van der Waals surface area contributed by atoms with E-state index in [-0.39, 0.29) is 0 Å². The lowest BCUT2D eigenvalue weighted by molar-refractivity contribution is 0.527. The molecule has 20 heavy (non-hydrogen) atoms. The number of unbranched alkanes of at least 4 members (excludes halogenated alkanes) is 2. The van der Waals surface area contributed by atoms with Crippen molar-refractivity contribution >= 4 is 0 Å². The number of aryl methyl sites for hydroxylation is 1. The Bertz CT molecular complexity index is 479. The van der Waals surface area contributed by atoms with E-state index in [1.54, 1.807) is 0 Å². The van der Waals surface area contributed by atoms with Crippen molar-refractivity contribution in [3.63, 3.8) is 0 Å². The van der Waals surface area contributed by atoms with Gasteiger partial charge >= 0.3 is 0 Å². The third kappa shape index (κ3) is 4.85. The van der Waals surface area contributed by atoms with Crippen molar-refractivity contribution < 1.29 is 0 Å². The Balaban J connectivity index is 1.80. The predicted octanol–water partition coefficient (Wildman–Crippen LogP) is 5.91. The number of benzene rings is 2. The summed E-state index contributed by atoms with van der Waals surface area (Å²) in [5.41, 5.74) is 3.89. The molecule has 0 aliphatic rings. The van der Waals surface area contributed by atoms with Crippen LogP contribution in [0.1, 0.15) is 45.1 Å². The van der Waals surface area contributed by atoms with Crippen LogP contribution in [0.25, 0.3) is 11.1 Å². The van der Waals surface area contributed by atoms with Gasteiger partial charge in [0, 0.05) is 0 Å². The first kappa shape index (κ1) is 14.8. The normalized spacial score (nSPS) is 10.9. The van der Waals surface area contributed by atoms with Crippen molar-refractivity contribution in [3.05, 3.63) is 60.2 Å². The number of rotatable bonds is 7. The van der Waals surface area contributed by atoms with Gasteiger partial charge in [0.05, 0.1) is 0 Å². The number of hydrogen-bond acceptors (Lipinski definition) is 0. The molecule has 2 aromatic rings. The van der Waals surface area contributed by atoms with E-state index in [4.69, 9.17) is 0 Å². The zero-order valence-electron chi connectivity index (χ0n) is 12.7. The maximum atomic E-state index is 3.27. The highest BCUT2D eigenvalue weighted by molar-refractivity contribution is 5.62. The molecule has 0 saturated carbocycles. The van der Waals surface area contributed by atoms with Crippen molar-refractivity contribution in [2.24, 2.45) is 5.92 Å². The van der Waals surface area contributed by atoms with Gasteiger partial charge in [0.15, 0.2) is 0 Å². The van der Waals surface area contributed by atoms with Crippen molar-refractivity contribution in [1.29, 1.82) is 0 Å². The Morgan fingerprint density at radius 3 is 2.35 bits per heavy atom. The van der Waals surface area contributed by atoms with Gasteiger partial charge in [-0.15, -0.1) is 0 Å². The standard InChI is InChI=1S/C20H25/c1-17(2)9-5-3-6-10-18-13-15-20(16-14-18)19-11-7-4-8-12-19/h4,7-8,11,13-17H,3,5-6,9-10H2,1-2H3. The summed E-state index contributed by atoms with van der Waals surface area (Å²) in [6.07, 6.45) is 6.60. The molecule has 0 heterocycles. The molecule has 0 aliphatic carbocycles. The van der Waals surface area contributed by atoms with Crippen LogP contribution in [0, 0.1) is 12.0 Å². The quantitative estimate of drug-likeness (QED) is 0.546. The van der Waals surface area contributed by atoms with E-state index in [1.165, 1.54) is 48.8 Å². The molecular formula is C20H25. The molecule has 0 aliphatic heterocycles. The van der Waals surface area contributed by atoms with Crippen molar-refractivity contribution in [2.75, 3.05) is 0 Å². The smallest absolute Gasteiger partial charge is 0.00992 e. The van der Waals surface area contributed by atoms with E-state index in [2.05, 4.69) is 56.3 Å². The minimum Gasteiger partial charge on any atom is -0.0628 e. The van der Waals surface area contributed by atoms with Gasteiger partial charge in [-0.3, -0.25) is 0 Å². The summed E-state index contributed by atoms with van der Waals surface area (Å²) in [6, 6.07) is 20.4. The van der Waals surface area contributed by atoms with Gasteiger partial charge in [-0.2, -0.15) is 0 Å². The molecule has 0 atom stereocenters. The van der Waals surface area contributed by atoms with Crippen molar-refractivity contribution in [1.82, 2.24) is 0 Å². The molecule has 2 aromatic carbocycles. The topological polar surface area (TPSA) is 0 Å². The maximum absolute atomic E-state index is 3.27. The van der Waals surface area contributed by atoms with Crippen LogP contribution in [-0.2, 0) is 6.42 Å². The van der Waals surface area contributed by atoms with Crippen LogP contribution in [0.15, 0.2) is 48.5 Å². The van der Waals surface area contributed by atoms with Gasteiger partial charge in [0.1, 0.15) is 0 Å². The summed E-state index contributed by atoms with van der Waals surface area (Å²) in [7, 11) is 0. The van der Waals surface area contributed by atoms with E-state index < -0.39 is 0 Å². The van der Waals surface area contributed by atoms with Gasteiger partial charge in [-0.05, 0) is 41.5 Å². The summed E-state index contributed by atoms with van der Waals surface area (Å²) >= 11 is 0. The van der Waals surface area contributed by atoms with Crippen molar-refractivity contribution in [2.45, 2.75) is 46.0 Å². The predicted molar refractivity (Wildman–Crippen MR) is 87.7 cm³/mol. The minimum atomic E-state index is 0.844. The van der Waals surface area contributed by atoms with E-state index in [0.29, 0.717) is 0 Å². The van der Waals surface area contributed by atoms with Crippen LogP contribution in [0.3, 0.4) is 0 Å². The monoisotopic (exact) mass is 265 g/mol. The molecule has 0 fully saturated rings. The fraction of sp³-hybridized carbons (Fsp3) is 0.400. The SMILES string of the molecule is CC(C)CCCCCc1ccc(-c2[c]cccc2)cc1. The fourth-order valence-electron chi connectivity index (χ4n) is 2.48. The first-order valence-electron chi connectivity index (χ1n) is 7.82. The molecular weight excluding hydrogens is 240 g/mol. The Kier molecular flexibility index (Phi) is 5.86. The van der Waals surface area contributed by atoms with Gasteiger partial charge in [0.25, 0.3) is 0 Å². The summed E-state index contributed by atoms with van der Waals surface area (Å²) in [4.78, 5) is 0. The maximum Gasteiger partial charge on any atom is -0.00992 e. The highest BCUT2D eigenvalue weighted by Crippen LogP contribution is 2.19. The Morgan fingerprint density at radius 2 is 1.70 bits per heavy atom. The molecule has 2 rings (SSSR count). The number of hydrogen-bond donors (Lipinski definition) is 0. The van der Waals surface area contributed by atoms with Gasteiger partial charge in [-0.1, -0.05) is 81.6 Å². The highest BCUT2D eigenvalue weighted by atomic mass is 14.0. The first-order valence-corrected chi connectivity index (χ1v) is 7.82. The Morgan fingerprint density at radius 1 is 0.900 bits per heavy atom. The van der Waals surface area contributed by atoms with Crippen LogP contribution >= 0.6 is 0 Å². The average Bonchev–Trinajstić information content (AvgIpc) is 2.48. The van der Waals surface area contributed by atoms with Crippen LogP contribution in [0.4, 0.5) is 0 Å². The van der Waals surface area contributed by atoms with E-state index in [9.17, 15) is 0 Å². The third-order valence-electron chi connectivity index (χ3n) is 3.72. The zero-order chi connectivity index (χ0) is 14.2. The Labute approximate surface area is 123 Å². The second-order valence-electron chi connectivity index (χ2n) is 5.97. The molecule has 0 saturated heterocycles. The molecule has 0 amide bonds. The lowest BCUT2D eigenvalue weighted by atomic mass is 10.00. The van der Waals surface area contributed by atoms with E-state index >= 15 is 0 Å². The molecule has 0 heteroatoms. The van der Waals surface area contributed by atoms with E-state index in [0.717, 1.165) is 5.92 Å². The van der Waals surface area contributed by atoms with Gasteiger partial charge < -0.3 is 0 Å². The van der Waals surface area contributed by atoms with Crippen molar-refractivity contribution in [3.8, 4) is 11.1 Å². The average molecular weight is 265 g/mol. The molecule has 0 bridgehead atoms. The lowest BCUT2D eigenvalue weighted by Gasteiger charge is -2.06. The molecule has 0 aromatic heterocycles. The molecule has 1 radical (unpaired) electrons. The summed E-state index contributed by atoms with van der Waals surface area (Å²) in [6.45, 7) is 4.61. The van der Waals surface area contributed by atoms with Crippen LogP contribution in [0.2, 0.25) is 0 Å². The second-order valence-corrected chi connectivity index (χ2v) is 5.97. The summed E-state index contributed by atoms with van der Waals surface area (Å²) in [5.74, 6) is 0.844. The van der Waals surface area contributed by atoms with Crippen LogP contribution in [-0.4, -0.2) is 0 Å². The highest BCUT2D eigenvalue weighted by Gasteiger charge is 1.99. The largest absolute Gasteiger partial charge is 0.0628 e. The van der Waals surface area contributed by atoms with Crippen LogP contribution < -0.4 is 0 Å². The molecule has 0 nitrogen and oxygen atoms in total. The van der Waals surface area contributed by atoms with Gasteiger partial charge in [0.2, 0.25) is 0 Å². The first-order chi connectivity index (χ1) is 9.75. The molecule has 0 unspecified atom stereocenters. The molecule has 0 spiro atoms. The lowest BCUT2D eigenvalue weighted by Crippen LogP contribution is -1.89. The summed E-state index contributed by atoms with van der Waals surface area (Å²) < 4.78 is 0. The van der Waals surface area contributed by atoms with Gasteiger partial charge in [-0.25, -0.2) is 0 Å². The van der Waals surface area contributed by atoms with E-state index in [1.807, 2.05) is 12.1 Å². The second kappa shape index (κ2) is 7.89. The molecule has 0 N–H and O–H groups in total. The minimum absolute atomic E-state index is 0.844.